The molecule has 0 saturated carbocycles. The van der Waals surface area contributed by atoms with E-state index in [4.69, 9.17) is 0 Å². The SMILES string of the molecule is O=C1C2=C(CCCC2)C(=O)C2CC=CCC12. The Kier molecular flexibility index (Phi) is 2.31. The lowest BCUT2D eigenvalue weighted by Crippen LogP contribution is -2.39. The lowest BCUT2D eigenvalue weighted by molar-refractivity contribution is -0.131. The highest BCUT2D eigenvalue weighted by Crippen LogP contribution is 2.41. The molecule has 2 nitrogen and oxygen atoms in total. The zero-order valence-electron chi connectivity index (χ0n) is 9.37. The van der Waals surface area contributed by atoms with Crippen molar-refractivity contribution in [2.75, 3.05) is 0 Å². The van der Waals surface area contributed by atoms with E-state index in [-0.39, 0.29) is 23.4 Å². The van der Waals surface area contributed by atoms with Crippen LogP contribution in [-0.2, 0) is 9.59 Å². The summed E-state index contributed by atoms with van der Waals surface area (Å²) >= 11 is 0. The summed E-state index contributed by atoms with van der Waals surface area (Å²) in [4.78, 5) is 24.6. The molecule has 3 rings (SSSR count). The van der Waals surface area contributed by atoms with Crippen molar-refractivity contribution in [2.45, 2.75) is 38.5 Å². The summed E-state index contributed by atoms with van der Waals surface area (Å²) < 4.78 is 0. The fourth-order valence-electron chi connectivity index (χ4n) is 3.29. The first-order valence-corrected chi connectivity index (χ1v) is 6.24. The van der Waals surface area contributed by atoms with Crippen molar-refractivity contribution < 1.29 is 9.59 Å². The number of hydrogen-bond donors (Lipinski definition) is 0. The first kappa shape index (κ1) is 10.0. The molecule has 0 aromatic heterocycles. The van der Waals surface area contributed by atoms with Crippen LogP contribution in [0.4, 0.5) is 0 Å². The molecule has 0 aliphatic heterocycles. The van der Waals surface area contributed by atoms with E-state index in [1.807, 2.05) is 0 Å². The van der Waals surface area contributed by atoms with Gasteiger partial charge in [-0.1, -0.05) is 12.2 Å². The lowest BCUT2D eigenvalue weighted by Gasteiger charge is -2.35. The smallest absolute Gasteiger partial charge is 0.163 e. The van der Waals surface area contributed by atoms with Gasteiger partial charge in [-0.3, -0.25) is 9.59 Å². The van der Waals surface area contributed by atoms with Gasteiger partial charge in [0.15, 0.2) is 11.6 Å². The largest absolute Gasteiger partial charge is 0.294 e. The molecule has 0 N–H and O–H groups in total. The van der Waals surface area contributed by atoms with Crippen molar-refractivity contribution in [1.82, 2.24) is 0 Å². The Balaban J connectivity index is 2.04. The van der Waals surface area contributed by atoms with Crippen LogP contribution in [0.5, 0.6) is 0 Å². The molecule has 3 aliphatic rings. The second-order valence-electron chi connectivity index (χ2n) is 5.05. The third-order valence-electron chi connectivity index (χ3n) is 4.17. The molecule has 0 heterocycles. The summed E-state index contributed by atoms with van der Waals surface area (Å²) in [6, 6.07) is 0. The minimum atomic E-state index is -0.0330. The minimum Gasteiger partial charge on any atom is -0.294 e. The average molecular weight is 216 g/mol. The fourth-order valence-corrected chi connectivity index (χ4v) is 3.29. The third-order valence-corrected chi connectivity index (χ3v) is 4.17. The van der Waals surface area contributed by atoms with Crippen LogP contribution in [0.25, 0.3) is 0 Å². The second kappa shape index (κ2) is 3.69. The van der Waals surface area contributed by atoms with E-state index in [0.717, 1.165) is 49.7 Å². The maximum Gasteiger partial charge on any atom is 0.163 e. The summed E-state index contributed by atoms with van der Waals surface area (Å²) in [6.07, 6.45) is 9.48. The molecule has 0 fully saturated rings. The second-order valence-corrected chi connectivity index (χ2v) is 5.05. The Morgan fingerprint density at radius 3 is 1.69 bits per heavy atom. The quantitative estimate of drug-likeness (QED) is 0.583. The topological polar surface area (TPSA) is 34.1 Å². The normalized spacial score (nSPS) is 33.8. The van der Waals surface area contributed by atoms with Gasteiger partial charge in [-0.25, -0.2) is 0 Å². The predicted molar refractivity (Wildman–Crippen MR) is 60.9 cm³/mol. The number of carbonyl (C=O) groups excluding carboxylic acids is 2. The van der Waals surface area contributed by atoms with Crippen LogP contribution in [0.1, 0.15) is 38.5 Å². The highest BCUT2D eigenvalue weighted by molar-refractivity contribution is 6.14. The summed E-state index contributed by atoms with van der Waals surface area (Å²) in [5.74, 6) is 0.496. The Bertz CT molecular complexity index is 376. The van der Waals surface area contributed by atoms with Gasteiger partial charge in [0.1, 0.15) is 0 Å². The molecule has 0 saturated heterocycles. The highest BCUT2D eigenvalue weighted by Gasteiger charge is 2.42. The van der Waals surface area contributed by atoms with Crippen LogP contribution in [0.3, 0.4) is 0 Å². The van der Waals surface area contributed by atoms with Crippen LogP contribution < -0.4 is 0 Å². The molecule has 16 heavy (non-hydrogen) atoms. The molecule has 3 aliphatic carbocycles. The summed E-state index contributed by atoms with van der Waals surface area (Å²) in [5, 5.41) is 0. The summed E-state index contributed by atoms with van der Waals surface area (Å²) in [6.45, 7) is 0. The predicted octanol–water partition coefficient (Wildman–Crippen LogP) is 2.59. The Morgan fingerprint density at radius 2 is 1.25 bits per heavy atom. The van der Waals surface area contributed by atoms with Crippen LogP contribution in [0.2, 0.25) is 0 Å². The molecular weight excluding hydrogens is 200 g/mol. The Labute approximate surface area is 95.4 Å². The molecular formula is C14H16O2. The molecule has 0 aromatic rings. The standard InChI is InChI=1S/C14H16O2/c15-13-9-5-1-2-6-10(9)14(16)12-8-4-3-7-11(12)13/h1-2,9-10H,3-8H2. The van der Waals surface area contributed by atoms with Crippen LogP contribution >= 0.6 is 0 Å². The number of fused-ring (bicyclic) bond motifs is 1. The van der Waals surface area contributed by atoms with Crippen molar-refractivity contribution in [2.24, 2.45) is 11.8 Å². The van der Waals surface area contributed by atoms with Gasteiger partial charge < -0.3 is 0 Å². The van der Waals surface area contributed by atoms with Crippen LogP contribution in [-0.4, -0.2) is 11.6 Å². The molecule has 2 atom stereocenters. The maximum absolute atomic E-state index is 12.3. The van der Waals surface area contributed by atoms with E-state index in [2.05, 4.69) is 12.2 Å². The van der Waals surface area contributed by atoms with Crippen LogP contribution in [0, 0.1) is 11.8 Å². The van der Waals surface area contributed by atoms with E-state index < -0.39 is 0 Å². The van der Waals surface area contributed by atoms with Crippen molar-refractivity contribution in [3.63, 3.8) is 0 Å². The van der Waals surface area contributed by atoms with E-state index in [9.17, 15) is 9.59 Å². The van der Waals surface area contributed by atoms with Gasteiger partial charge in [0.05, 0.1) is 0 Å². The fraction of sp³-hybridized carbons (Fsp3) is 0.571. The number of allylic oxidation sites excluding steroid dienone is 4. The van der Waals surface area contributed by atoms with Gasteiger partial charge >= 0.3 is 0 Å². The average Bonchev–Trinajstić information content (AvgIpc) is 2.36. The molecule has 0 radical (unpaired) electrons. The number of Topliss-reactive ketones (excluding diaryl/α,β-unsaturated/α-hetero) is 2. The van der Waals surface area contributed by atoms with Crippen molar-refractivity contribution in [3.8, 4) is 0 Å². The van der Waals surface area contributed by atoms with E-state index in [1.165, 1.54) is 0 Å². The van der Waals surface area contributed by atoms with Gasteiger partial charge in [-0.05, 0) is 38.5 Å². The van der Waals surface area contributed by atoms with Gasteiger partial charge in [0.25, 0.3) is 0 Å². The summed E-state index contributed by atoms with van der Waals surface area (Å²) in [5.41, 5.74) is 1.76. The van der Waals surface area contributed by atoms with E-state index in [1.54, 1.807) is 0 Å². The first-order valence-electron chi connectivity index (χ1n) is 6.24. The molecule has 0 aromatic carbocycles. The van der Waals surface area contributed by atoms with Crippen molar-refractivity contribution in [3.05, 3.63) is 23.3 Å². The highest BCUT2D eigenvalue weighted by atomic mass is 16.1. The Morgan fingerprint density at radius 1 is 0.812 bits per heavy atom. The van der Waals surface area contributed by atoms with Gasteiger partial charge in [0, 0.05) is 23.0 Å². The number of rotatable bonds is 0. The van der Waals surface area contributed by atoms with Crippen LogP contribution in [0.15, 0.2) is 23.3 Å². The number of hydrogen-bond acceptors (Lipinski definition) is 2. The molecule has 0 amide bonds. The number of ketones is 2. The molecule has 0 spiro atoms. The monoisotopic (exact) mass is 216 g/mol. The molecule has 2 unspecified atom stereocenters. The molecule has 2 heteroatoms. The first-order chi connectivity index (χ1) is 7.79. The van der Waals surface area contributed by atoms with E-state index in [0.29, 0.717) is 0 Å². The summed E-state index contributed by atoms with van der Waals surface area (Å²) in [7, 11) is 0. The van der Waals surface area contributed by atoms with E-state index >= 15 is 0 Å². The zero-order chi connectivity index (χ0) is 11.1. The third kappa shape index (κ3) is 1.32. The Hall–Kier alpha value is -1.18. The zero-order valence-corrected chi connectivity index (χ0v) is 9.37. The van der Waals surface area contributed by atoms with Crippen molar-refractivity contribution in [1.29, 1.82) is 0 Å². The molecule has 0 bridgehead atoms. The van der Waals surface area contributed by atoms with Gasteiger partial charge in [0.2, 0.25) is 0 Å². The minimum absolute atomic E-state index is 0.0330. The van der Waals surface area contributed by atoms with Gasteiger partial charge in [-0.2, -0.15) is 0 Å². The number of carbonyl (C=O) groups is 2. The van der Waals surface area contributed by atoms with Crippen molar-refractivity contribution >= 4 is 11.6 Å². The lowest BCUT2D eigenvalue weighted by atomic mass is 9.66. The molecule has 84 valence electrons. The maximum atomic E-state index is 12.3. The van der Waals surface area contributed by atoms with Gasteiger partial charge in [-0.15, -0.1) is 0 Å².